The van der Waals surface area contributed by atoms with Gasteiger partial charge in [0.1, 0.15) is 11.6 Å². The lowest BCUT2D eigenvalue weighted by atomic mass is 10.0. The van der Waals surface area contributed by atoms with E-state index in [9.17, 15) is 18.0 Å². The van der Waals surface area contributed by atoms with Crippen LogP contribution in [-0.2, 0) is 19.6 Å². The van der Waals surface area contributed by atoms with Crippen molar-refractivity contribution in [3.8, 4) is 0 Å². The summed E-state index contributed by atoms with van der Waals surface area (Å²) in [6.45, 7) is 8.42. The molecule has 3 rings (SSSR count). The van der Waals surface area contributed by atoms with Gasteiger partial charge in [0.05, 0.1) is 5.75 Å². The molecule has 0 bridgehead atoms. The van der Waals surface area contributed by atoms with Gasteiger partial charge in [-0.25, -0.2) is 18.4 Å². The summed E-state index contributed by atoms with van der Waals surface area (Å²) in [5, 5.41) is 6.05. The van der Waals surface area contributed by atoms with Gasteiger partial charge in [0.15, 0.2) is 0 Å². The van der Waals surface area contributed by atoms with Crippen LogP contribution in [0.15, 0.2) is 42.7 Å². The number of esters is 1. The third-order valence-electron chi connectivity index (χ3n) is 6.06. The number of anilines is 2. The van der Waals surface area contributed by atoms with E-state index < -0.39 is 33.5 Å². The van der Waals surface area contributed by atoms with Crippen LogP contribution in [0.25, 0.3) is 0 Å². The summed E-state index contributed by atoms with van der Waals surface area (Å²) in [5.74, 6) is -0.660. The normalized spacial score (nSPS) is 16.8. The Labute approximate surface area is 231 Å². The molecule has 11 nitrogen and oxygen atoms in total. The molecule has 0 saturated carbocycles. The Bertz CT molecular complexity index is 1190. The summed E-state index contributed by atoms with van der Waals surface area (Å²) in [5.41, 5.74) is 0.587. The molecule has 0 aliphatic carbocycles. The summed E-state index contributed by atoms with van der Waals surface area (Å²) < 4.78 is 32.7. The minimum Gasteiger partial charge on any atom is -0.459 e. The van der Waals surface area contributed by atoms with Gasteiger partial charge >= 0.3 is 5.97 Å². The van der Waals surface area contributed by atoms with Gasteiger partial charge in [-0.1, -0.05) is 13.3 Å². The second kappa shape index (κ2) is 13.7. The number of carbonyl (C=O) groups excluding carboxylic acids is 2. The lowest BCUT2D eigenvalue weighted by Gasteiger charge is -2.34. The van der Waals surface area contributed by atoms with Crippen molar-refractivity contribution in [2.24, 2.45) is 0 Å². The van der Waals surface area contributed by atoms with E-state index in [1.807, 2.05) is 19.1 Å². The number of amides is 1. The fourth-order valence-electron chi connectivity index (χ4n) is 4.16. The van der Waals surface area contributed by atoms with E-state index in [2.05, 4.69) is 30.2 Å². The molecule has 0 spiro atoms. The first kappa shape index (κ1) is 30.3. The Morgan fingerprint density at radius 3 is 2.49 bits per heavy atom. The molecule has 39 heavy (non-hydrogen) atoms. The fourth-order valence-corrected chi connectivity index (χ4v) is 5.56. The van der Waals surface area contributed by atoms with Crippen LogP contribution in [0.2, 0.25) is 0 Å². The molecule has 214 valence electrons. The first-order chi connectivity index (χ1) is 18.5. The average molecular weight is 561 g/mol. The van der Waals surface area contributed by atoms with Crippen molar-refractivity contribution in [2.45, 2.75) is 71.1 Å². The molecule has 1 aromatic carbocycles. The van der Waals surface area contributed by atoms with Gasteiger partial charge in [-0.15, -0.1) is 0 Å². The Morgan fingerprint density at radius 1 is 1.15 bits per heavy atom. The minimum absolute atomic E-state index is 0.108. The van der Waals surface area contributed by atoms with Crippen LogP contribution in [0.1, 0.15) is 63.7 Å². The summed E-state index contributed by atoms with van der Waals surface area (Å²) in [6, 6.07) is 7.95. The van der Waals surface area contributed by atoms with Gasteiger partial charge < -0.3 is 20.3 Å². The van der Waals surface area contributed by atoms with Gasteiger partial charge in [0, 0.05) is 49.3 Å². The molecular formula is C27H40N6O5S. The van der Waals surface area contributed by atoms with E-state index >= 15 is 0 Å². The maximum atomic E-state index is 12.9. The predicted molar refractivity (Wildman–Crippen MR) is 151 cm³/mol. The third-order valence-corrected chi connectivity index (χ3v) is 7.53. The number of sulfonamides is 1. The van der Waals surface area contributed by atoms with Crippen molar-refractivity contribution < 1.29 is 22.7 Å². The number of aromatic nitrogens is 2. The molecular weight excluding hydrogens is 520 g/mol. The highest BCUT2D eigenvalue weighted by Gasteiger charge is 2.29. The van der Waals surface area contributed by atoms with Crippen LogP contribution in [0.5, 0.6) is 0 Å². The molecule has 1 aromatic heterocycles. The number of piperidine rings is 1. The topological polar surface area (TPSA) is 143 Å². The first-order valence-electron chi connectivity index (χ1n) is 13.4. The molecule has 0 radical (unpaired) electrons. The van der Waals surface area contributed by atoms with E-state index in [1.54, 1.807) is 51.4 Å². The largest absolute Gasteiger partial charge is 0.459 e. The molecule has 2 aromatic rings. The highest BCUT2D eigenvalue weighted by atomic mass is 32.2. The van der Waals surface area contributed by atoms with Crippen molar-refractivity contribution in [3.63, 3.8) is 0 Å². The average Bonchev–Trinajstić information content (AvgIpc) is 2.89. The Kier molecular flexibility index (Phi) is 10.6. The maximum absolute atomic E-state index is 12.9. The molecule has 12 heteroatoms. The highest BCUT2D eigenvalue weighted by Crippen LogP contribution is 2.22. The zero-order valence-electron chi connectivity index (χ0n) is 23.1. The quantitative estimate of drug-likeness (QED) is 0.334. The van der Waals surface area contributed by atoms with Crippen molar-refractivity contribution in [1.29, 1.82) is 0 Å². The smallest absolute Gasteiger partial charge is 0.326 e. The van der Waals surface area contributed by atoms with Gasteiger partial charge in [-0.05, 0) is 70.4 Å². The monoisotopic (exact) mass is 560 g/mol. The van der Waals surface area contributed by atoms with Crippen LogP contribution in [0, 0.1) is 0 Å². The van der Waals surface area contributed by atoms with Gasteiger partial charge in [0.2, 0.25) is 16.0 Å². The number of hydrogen-bond donors (Lipinski definition) is 3. The highest BCUT2D eigenvalue weighted by molar-refractivity contribution is 7.89. The first-order valence-corrected chi connectivity index (χ1v) is 15.0. The number of benzene rings is 1. The van der Waals surface area contributed by atoms with Gasteiger partial charge in [0.25, 0.3) is 5.91 Å². The number of carbonyl (C=O) groups is 2. The zero-order chi connectivity index (χ0) is 28.5. The SMILES string of the molecule is CCCCS(=O)(=O)NC(CNC(=O)c1ccc(N2CCCC(Nc3ncccn3)C2)cc1)C(=O)OC(C)(C)C. The number of rotatable bonds is 12. The molecule has 2 atom stereocenters. The van der Waals surface area contributed by atoms with Crippen molar-refractivity contribution in [3.05, 3.63) is 48.3 Å². The lowest BCUT2D eigenvalue weighted by molar-refractivity contribution is -0.156. The van der Waals surface area contributed by atoms with Gasteiger partial charge in [-0.2, -0.15) is 4.72 Å². The van der Waals surface area contributed by atoms with E-state index in [0.717, 1.165) is 31.6 Å². The molecule has 1 fully saturated rings. The molecule has 2 heterocycles. The van der Waals surface area contributed by atoms with Crippen LogP contribution < -0.4 is 20.3 Å². The second-order valence-corrected chi connectivity index (χ2v) is 12.5. The van der Waals surface area contributed by atoms with E-state index in [-0.39, 0.29) is 18.3 Å². The standard InChI is InChI=1S/C27H40N6O5S/c1-5-6-17-39(36,37)32-23(25(35)38-27(2,3)4)18-30-24(34)20-10-12-22(13-11-20)33-16-7-9-21(19-33)31-26-28-14-8-15-29-26/h8,10-15,21,23,32H,5-7,9,16-19H2,1-4H3,(H,30,34)(H,28,29,31). The molecule has 1 aliphatic rings. The number of nitrogens with one attached hydrogen (secondary N) is 3. The number of ether oxygens (including phenoxy) is 1. The third kappa shape index (κ3) is 10.1. The predicted octanol–water partition coefficient (Wildman–Crippen LogP) is 2.72. The molecule has 1 amide bonds. The molecule has 1 saturated heterocycles. The Hall–Kier alpha value is -3.25. The van der Waals surface area contributed by atoms with Crippen LogP contribution in [-0.4, -0.2) is 73.3 Å². The van der Waals surface area contributed by atoms with Crippen molar-refractivity contribution >= 4 is 33.5 Å². The van der Waals surface area contributed by atoms with Gasteiger partial charge in [-0.3, -0.25) is 9.59 Å². The molecule has 2 unspecified atom stereocenters. The number of unbranched alkanes of at least 4 members (excludes halogenated alkanes) is 1. The summed E-state index contributed by atoms with van der Waals surface area (Å²) in [6.07, 6.45) is 6.58. The van der Waals surface area contributed by atoms with Crippen molar-refractivity contribution in [2.75, 3.05) is 35.6 Å². The van der Waals surface area contributed by atoms with E-state index in [4.69, 9.17) is 4.74 Å². The second-order valence-electron chi connectivity index (χ2n) is 10.6. The van der Waals surface area contributed by atoms with E-state index in [0.29, 0.717) is 24.4 Å². The Morgan fingerprint density at radius 2 is 1.85 bits per heavy atom. The summed E-state index contributed by atoms with van der Waals surface area (Å²) in [7, 11) is -3.72. The number of hydrogen-bond acceptors (Lipinski definition) is 9. The fraction of sp³-hybridized carbons (Fsp3) is 0.556. The zero-order valence-corrected chi connectivity index (χ0v) is 24.0. The van der Waals surface area contributed by atoms with Crippen molar-refractivity contribution in [1.82, 2.24) is 20.0 Å². The molecule has 1 aliphatic heterocycles. The minimum atomic E-state index is -3.72. The van der Waals surface area contributed by atoms with Crippen LogP contribution in [0.3, 0.4) is 0 Å². The summed E-state index contributed by atoms with van der Waals surface area (Å²) >= 11 is 0. The Balaban J connectivity index is 1.60. The summed E-state index contributed by atoms with van der Waals surface area (Å²) in [4.78, 5) is 36.3. The van der Waals surface area contributed by atoms with Crippen LogP contribution >= 0.6 is 0 Å². The lowest BCUT2D eigenvalue weighted by Crippen LogP contribution is -2.51. The number of nitrogens with zero attached hydrogens (tertiary/aromatic N) is 3. The maximum Gasteiger partial charge on any atom is 0.326 e. The van der Waals surface area contributed by atoms with E-state index in [1.165, 1.54) is 0 Å². The molecule has 3 N–H and O–H groups in total. The van der Waals surface area contributed by atoms with Crippen LogP contribution in [0.4, 0.5) is 11.6 Å².